The summed E-state index contributed by atoms with van der Waals surface area (Å²) in [7, 11) is 0. The van der Waals surface area contributed by atoms with Gasteiger partial charge in [0.15, 0.2) is 11.5 Å². The summed E-state index contributed by atoms with van der Waals surface area (Å²) in [5, 5.41) is 7.28. The topological polar surface area (TPSA) is 62.8 Å². The van der Waals surface area contributed by atoms with E-state index in [0.29, 0.717) is 24.7 Å². The zero-order valence-electron chi connectivity index (χ0n) is 21.9. The Labute approximate surface area is 221 Å². The summed E-state index contributed by atoms with van der Waals surface area (Å²) >= 11 is 0. The van der Waals surface area contributed by atoms with Gasteiger partial charge in [0.25, 0.3) is 0 Å². The van der Waals surface area contributed by atoms with Crippen LogP contribution in [0.2, 0.25) is 0 Å². The lowest BCUT2D eigenvalue weighted by Crippen LogP contribution is -2.48. The lowest BCUT2D eigenvalue weighted by atomic mass is 9.96. The molecule has 0 radical (unpaired) electrons. The average molecular weight is 504 g/mol. The quantitative estimate of drug-likeness (QED) is 0.587. The molecule has 6 nitrogen and oxygen atoms in total. The molecule has 2 aliphatic carbocycles. The molecule has 4 aliphatic rings. The molecule has 2 N–H and O–H groups in total. The first kappa shape index (κ1) is 24.7. The maximum Gasteiger partial charge on any atom is 0.237 e. The van der Waals surface area contributed by atoms with Gasteiger partial charge >= 0.3 is 0 Å². The molecule has 198 valence electrons. The van der Waals surface area contributed by atoms with Gasteiger partial charge < -0.3 is 20.1 Å². The van der Waals surface area contributed by atoms with Crippen LogP contribution in [0.25, 0.3) is 0 Å². The SMILES string of the molecule is O=C(NCCc1ccc2c(c1)OCO2)[C@@H]1C[C@@H](NC2CCCCCCC2)CN1C1Cc2ccccc2C1. The molecule has 2 aromatic rings. The van der Waals surface area contributed by atoms with Crippen molar-refractivity contribution in [1.29, 1.82) is 0 Å². The predicted octanol–water partition coefficient (Wildman–Crippen LogP) is 4.39. The van der Waals surface area contributed by atoms with E-state index in [9.17, 15) is 4.79 Å². The first-order valence-electron chi connectivity index (χ1n) is 14.5. The fraction of sp³-hybridized carbons (Fsp3) is 0.581. The Hall–Kier alpha value is -2.57. The number of carbonyl (C=O) groups excluding carboxylic acids is 1. The fourth-order valence-electron chi connectivity index (χ4n) is 6.91. The smallest absolute Gasteiger partial charge is 0.237 e. The molecule has 2 heterocycles. The minimum absolute atomic E-state index is 0.0675. The van der Waals surface area contributed by atoms with Crippen molar-refractivity contribution in [3.8, 4) is 11.5 Å². The van der Waals surface area contributed by atoms with Gasteiger partial charge in [0.2, 0.25) is 12.7 Å². The van der Waals surface area contributed by atoms with Crippen LogP contribution in [0, 0.1) is 0 Å². The number of carbonyl (C=O) groups is 1. The van der Waals surface area contributed by atoms with Gasteiger partial charge in [0.1, 0.15) is 0 Å². The van der Waals surface area contributed by atoms with Gasteiger partial charge in [0, 0.05) is 31.2 Å². The molecule has 6 rings (SSSR count). The maximum atomic E-state index is 13.6. The standard InChI is InChI=1S/C31H41N3O3/c35-31(32-15-14-22-12-13-29-30(16-22)37-21-36-29)28-19-26(33-25-10-4-2-1-3-5-11-25)20-34(28)27-17-23-8-6-7-9-24(23)18-27/h6-9,12-13,16,25-28,33H,1-5,10-11,14-15,17-21H2,(H,32,35)/t26-,28+/m1/s1. The van der Waals surface area contributed by atoms with Crippen molar-refractivity contribution in [2.24, 2.45) is 0 Å². The Morgan fingerprint density at radius 3 is 2.41 bits per heavy atom. The van der Waals surface area contributed by atoms with E-state index in [1.807, 2.05) is 12.1 Å². The maximum absolute atomic E-state index is 13.6. The zero-order chi connectivity index (χ0) is 25.0. The van der Waals surface area contributed by atoms with Crippen LogP contribution in [0.3, 0.4) is 0 Å². The van der Waals surface area contributed by atoms with Gasteiger partial charge in [0.05, 0.1) is 6.04 Å². The van der Waals surface area contributed by atoms with E-state index >= 15 is 0 Å². The summed E-state index contributed by atoms with van der Waals surface area (Å²) < 4.78 is 10.9. The second-order valence-electron chi connectivity index (χ2n) is 11.4. The first-order valence-corrected chi connectivity index (χ1v) is 14.5. The molecule has 0 aromatic heterocycles. The van der Waals surface area contributed by atoms with E-state index in [0.717, 1.165) is 49.3 Å². The van der Waals surface area contributed by atoms with Crippen molar-refractivity contribution in [2.45, 2.75) is 94.8 Å². The molecule has 0 bridgehead atoms. The Morgan fingerprint density at radius 1 is 0.892 bits per heavy atom. The number of likely N-dealkylation sites (tertiary alicyclic amines) is 1. The summed E-state index contributed by atoms with van der Waals surface area (Å²) in [4.78, 5) is 16.1. The molecular weight excluding hydrogens is 462 g/mol. The van der Waals surface area contributed by atoms with Crippen molar-refractivity contribution in [3.63, 3.8) is 0 Å². The van der Waals surface area contributed by atoms with Crippen molar-refractivity contribution >= 4 is 5.91 Å². The number of fused-ring (bicyclic) bond motifs is 2. The van der Waals surface area contributed by atoms with E-state index in [1.165, 1.54) is 56.1 Å². The number of ether oxygens (including phenoxy) is 2. The molecule has 6 heteroatoms. The lowest BCUT2D eigenvalue weighted by molar-refractivity contribution is -0.126. The van der Waals surface area contributed by atoms with Crippen LogP contribution < -0.4 is 20.1 Å². The van der Waals surface area contributed by atoms with Crippen LogP contribution in [-0.2, 0) is 24.1 Å². The summed E-state index contributed by atoms with van der Waals surface area (Å²) in [5.41, 5.74) is 4.06. The number of hydrogen-bond donors (Lipinski definition) is 2. The highest BCUT2D eigenvalue weighted by Crippen LogP contribution is 2.33. The van der Waals surface area contributed by atoms with Gasteiger partial charge in [-0.05, 0) is 67.3 Å². The highest BCUT2D eigenvalue weighted by molar-refractivity contribution is 5.82. The van der Waals surface area contributed by atoms with Crippen LogP contribution in [0.1, 0.15) is 68.1 Å². The summed E-state index contributed by atoms with van der Waals surface area (Å²) in [5.74, 6) is 1.78. The van der Waals surface area contributed by atoms with Gasteiger partial charge in [-0.1, -0.05) is 62.4 Å². The molecular formula is C31H41N3O3. The Balaban J connectivity index is 1.09. The van der Waals surface area contributed by atoms with Crippen LogP contribution in [0.5, 0.6) is 11.5 Å². The van der Waals surface area contributed by atoms with E-state index in [4.69, 9.17) is 9.47 Å². The van der Waals surface area contributed by atoms with Gasteiger partial charge in [-0.25, -0.2) is 0 Å². The molecule has 0 spiro atoms. The Bertz CT molecular complexity index is 1060. The molecule has 2 atom stereocenters. The van der Waals surface area contributed by atoms with Crippen LogP contribution >= 0.6 is 0 Å². The average Bonchev–Trinajstić information content (AvgIpc) is 3.63. The molecule has 1 amide bonds. The number of rotatable bonds is 7. The largest absolute Gasteiger partial charge is 0.454 e. The van der Waals surface area contributed by atoms with E-state index in [1.54, 1.807) is 0 Å². The number of benzene rings is 2. The molecule has 2 aromatic carbocycles. The van der Waals surface area contributed by atoms with Gasteiger partial charge in [-0.15, -0.1) is 0 Å². The Morgan fingerprint density at radius 2 is 1.62 bits per heavy atom. The normalized spacial score (nSPS) is 24.5. The lowest BCUT2D eigenvalue weighted by Gasteiger charge is -2.30. The first-order chi connectivity index (χ1) is 18.2. The number of nitrogens with zero attached hydrogens (tertiary/aromatic N) is 1. The van der Waals surface area contributed by atoms with Crippen molar-refractivity contribution in [2.75, 3.05) is 19.9 Å². The minimum atomic E-state index is -0.0675. The second kappa shape index (κ2) is 11.4. The summed E-state index contributed by atoms with van der Waals surface area (Å²) in [6.07, 6.45) is 13.1. The van der Waals surface area contributed by atoms with Crippen molar-refractivity contribution in [3.05, 3.63) is 59.2 Å². The van der Waals surface area contributed by atoms with Crippen molar-refractivity contribution in [1.82, 2.24) is 15.5 Å². The molecule has 2 fully saturated rings. The summed E-state index contributed by atoms with van der Waals surface area (Å²) in [6, 6.07) is 16.2. The zero-order valence-corrected chi connectivity index (χ0v) is 21.9. The second-order valence-corrected chi connectivity index (χ2v) is 11.4. The van der Waals surface area contributed by atoms with Crippen LogP contribution in [-0.4, -0.2) is 54.9 Å². The molecule has 37 heavy (non-hydrogen) atoms. The van der Waals surface area contributed by atoms with E-state index in [-0.39, 0.29) is 18.7 Å². The highest BCUT2D eigenvalue weighted by atomic mass is 16.7. The van der Waals surface area contributed by atoms with E-state index < -0.39 is 0 Å². The number of amides is 1. The summed E-state index contributed by atoms with van der Waals surface area (Å²) in [6.45, 7) is 1.89. The van der Waals surface area contributed by atoms with Crippen molar-refractivity contribution < 1.29 is 14.3 Å². The van der Waals surface area contributed by atoms with Crippen LogP contribution in [0.4, 0.5) is 0 Å². The minimum Gasteiger partial charge on any atom is -0.454 e. The molecule has 1 saturated heterocycles. The third-order valence-corrected chi connectivity index (χ3v) is 8.87. The molecule has 2 aliphatic heterocycles. The third kappa shape index (κ3) is 5.80. The van der Waals surface area contributed by atoms with Crippen LogP contribution in [0.15, 0.2) is 42.5 Å². The monoisotopic (exact) mass is 503 g/mol. The predicted molar refractivity (Wildman–Crippen MR) is 145 cm³/mol. The van der Waals surface area contributed by atoms with Gasteiger partial charge in [-0.3, -0.25) is 9.69 Å². The van der Waals surface area contributed by atoms with E-state index in [2.05, 4.69) is 45.9 Å². The highest BCUT2D eigenvalue weighted by Gasteiger charge is 2.42. The number of nitrogens with one attached hydrogen (secondary N) is 2. The number of hydrogen-bond acceptors (Lipinski definition) is 5. The van der Waals surface area contributed by atoms with Gasteiger partial charge in [-0.2, -0.15) is 0 Å². The fourth-order valence-corrected chi connectivity index (χ4v) is 6.91. The molecule has 0 unspecified atom stereocenters. The Kier molecular flexibility index (Phi) is 7.65. The molecule has 1 saturated carbocycles. The third-order valence-electron chi connectivity index (χ3n) is 8.87.